The summed E-state index contributed by atoms with van der Waals surface area (Å²) >= 11 is 0. The Hall–Kier alpha value is -0.0862. The van der Waals surface area contributed by atoms with Gasteiger partial charge in [-0.3, -0.25) is 0 Å². The molecule has 0 aliphatic heterocycles. The summed E-state index contributed by atoms with van der Waals surface area (Å²) in [5.74, 6) is 3.40. The predicted octanol–water partition coefficient (Wildman–Crippen LogP) is 6.62. The van der Waals surface area contributed by atoms with Crippen LogP contribution in [0.1, 0.15) is 76.2 Å². The monoisotopic (exact) mass is 398 g/mol. The number of aliphatic hydroxyl groups is 1. The van der Waals surface area contributed by atoms with E-state index in [4.69, 9.17) is 4.43 Å². The third-order valence-corrected chi connectivity index (χ3v) is 17.5. The molecule has 26 heavy (non-hydrogen) atoms. The zero-order chi connectivity index (χ0) is 21.1. The highest BCUT2D eigenvalue weighted by atomic mass is 28.4. The minimum Gasteiger partial charge on any atom is -0.412 e. The molecule has 0 aromatic carbocycles. The van der Waals surface area contributed by atoms with Gasteiger partial charge in [-0.1, -0.05) is 62.3 Å². The lowest BCUT2D eigenvalue weighted by atomic mass is 10.0. The van der Waals surface area contributed by atoms with Crippen LogP contribution in [-0.4, -0.2) is 33.7 Å². The molecular formula is C22H46O2Si2. The van der Waals surface area contributed by atoms with E-state index in [9.17, 15) is 5.11 Å². The molecular weight excluding hydrogens is 352 g/mol. The van der Waals surface area contributed by atoms with Crippen molar-refractivity contribution in [2.45, 2.75) is 123 Å². The van der Waals surface area contributed by atoms with E-state index < -0.39 is 22.5 Å². The lowest BCUT2D eigenvalue weighted by Gasteiger charge is -2.40. The zero-order valence-corrected chi connectivity index (χ0v) is 21.8. The standard InChI is InChI=1S/C22H46O2Si2/c1-16(2)26(17(3)4,18(5)6)15-14-19(7)21(23)20(8)24-25(12,13)22(9,10)11/h16-21,23H,1-13H3/t19-,20+,21-/m1/s1. The molecule has 0 bridgehead atoms. The molecule has 0 radical (unpaired) electrons. The number of rotatable bonds is 7. The summed E-state index contributed by atoms with van der Waals surface area (Å²) < 4.78 is 6.39. The van der Waals surface area contributed by atoms with Crippen molar-refractivity contribution in [3.8, 4) is 11.5 Å². The van der Waals surface area contributed by atoms with Gasteiger partial charge in [0, 0.05) is 5.92 Å². The fourth-order valence-electron chi connectivity index (χ4n) is 3.87. The summed E-state index contributed by atoms with van der Waals surface area (Å²) in [4.78, 5) is 0. The van der Waals surface area contributed by atoms with Gasteiger partial charge in [0.2, 0.25) is 0 Å². The Bertz CT molecular complexity index is 471. The first kappa shape index (κ1) is 25.9. The smallest absolute Gasteiger partial charge is 0.192 e. The number of aliphatic hydroxyl groups excluding tert-OH is 1. The molecule has 0 saturated heterocycles. The molecule has 0 saturated carbocycles. The van der Waals surface area contributed by atoms with Crippen LogP contribution in [-0.2, 0) is 4.43 Å². The SMILES string of the molecule is CC(C)[Si](C#C[C@@H](C)[C@@H](O)[C@H](C)O[Si](C)(C)C(C)(C)C)(C(C)C)C(C)C. The Morgan fingerprint density at radius 2 is 1.19 bits per heavy atom. The van der Waals surface area contributed by atoms with E-state index >= 15 is 0 Å². The van der Waals surface area contributed by atoms with Gasteiger partial charge in [0.15, 0.2) is 8.32 Å². The Labute approximate surface area is 166 Å². The van der Waals surface area contributed by atoms with Crippen LogP contribution < -0.4 is 0 Å². The van der Waals surface area contributed by atoms with Gasteiger partial charge in [-0.15, -0.1) is 11.5 Å². The molecule has 2 nitrogen and oxygen atoms in total. The average molecular weight is 399 g/mol. The predicted molar refractivity (Wildman–Crippen MR) is 122 cm³/mol. The third kappa shape index (κ3) is 5.96. The Kier molecular flexibility index (Phi) is 9.38. The van der Waals surface area contributed by atoms with Crippen molar-refractivity contribution < 1.29 is 9.53 Å². The largest absolute Gasteiger partial charge is 0.412 e. The normalized spacial score (nSPS) is 17.3. The molecule has 0 heterocycles. The first-order valence-electron chi connectivity index (χ1n) is 10.4. The zero-order valence-electron chi connectivity index (χ0n) is 19.8. The van der Waals surface area contributed by atoms with E-state index in [2.05, 4.69) is 86.9 Å². The van der Waals surface area contributed by atoms with Crippen molar-refractivity contribution in [1.82, 2.24) is 0 Å². The Balaban J connectivity index is 5.45. The number of hydrogen-bond donors (Lipinski definition) is 1. The summed E-state index contributed by atoms with van der Waals surface area (Å²) in [7, 11) is -3.64. The van der Waals surface area contributed by atoms with Crippen molar-refractivity contribution in [3.63, 3.8) is 0 Å². The molecule has 4 heteroatoms. The van der Waals surface area contributed by atoms with Crippen molar-refractivity contribution in [1.29, 1.82) is 0 Å². The molecule has 0 spiro atoms. The molecule has 0 unspecified atom stereocenters. The molecule has 0 amide bonds. The van der Waals surface area contributed by atoms with E-state index in [1.54, 1.807) is 0 Å². The van der Waals surface area contributed by atoms with E-state index in [-0.39, 0.29) is 17.1 Å². The Morgan fingerprint density at radius 1 is 0.808 bits per heavy atom. The van der Waals surface area contributed by atoms with Gasteiger partial charge in [-0.2, -0.15) is 0 Å². The Morgan fingerprint density at radius 3 is 1.50 bits per heavy atom. The molecule has 0 aliphatic carbocycles. The average Bonchev–Trinajstić information content (AvgIpc) is 2.43. The van der Waals surface area contributed by atoms with Gasteiger partial charge >= 0.3 is 0 Å². The quantitative estimate of drug-likeness (QED) is 0.386. The van der Waals surface area contributed by atoms with Gasteiger partial charge in [-0.25, -0.2) is 0 Å². The van der Waals surface area contributed by atoms with E-state index in [1.165, 1.54) is 0 Å². The minimum atomic E-state index is -1.89. The summed E-state index contributed by atoms with van der Waals surface area (Å²) in [6, 6.07) is 0. The van der Waals surface area contributed by atoms with Crippen LogP contribution in [0, 0.1) is 17.4 Å². The molecule has 0 rings (SSSR count). The van der Waals surface area contributed by atoms with Crippen molar-refractivity contribution in [3.05, 3.63) is 0 Å². The third-order valence-electron chi connectivity index (χ3n) is 6.66. The highest BCUT2D eigenvalue weighted by molar-refractivity contribution is 6.90. The van der Waals surface area contributed by atoms with Gasteiger partial charge in [0.25, 0.3) is 0 Å². The molecule has 1 N–H and O–H groups in total. The van der Waals surface area contributed by atoms with Crippen LogP contribution in [0.2, 0.25) is 34.8 Å². The molecule has 0 aliphatic rings. The van der Waals surface area contributed by atoms with Gasteiger partial charge in [-0.05, 0) is 48.6 Å². The van der Waals surface area contributed by atoms with Crippen molar-refractivity contribution in [2.75, 3.05) is 0 Å². The fourth-order valence-corrected chi connectivity index (χ4v) is 10.6. The summed E-state index contributed by atoms with van der Waals surface area (Å²) in [6.45, 7) is 29.2. The first-order valence-corrected chi connectivity index (χ1v) is 15.5. The van der Waals surface area contributed by atoms with E-state index in [0.29, 0.717) is 16.6 Å². The second-order valence-electron chi connectivity index (χ2n) is 10.5. The maximum absolute atomic E-state index is 10.8. The minimum absolute atomic E-state index is 0.0714. The van der Waals surface area contributed by atoms with Crippen LogP contribution in [0.4, 0.5) is 0 Å². The van der Waals surface area contributed by atoms with Crippen LogP contribution in [0.3, 0.4) is 0 Å². The second-order valence-corrected chi connectivity index (χ2v) is 20.9. The van der Waals surface area contributed by atoms with Crippen LogP contribution in [0.15, 0.2) is 0 Å². The van der Waals surface area contributed by atoms with Crippen LogP contribution in [0.5, 0.6) is 0 Å². The summed E-state index contributed by atoms with van der Waals surface area (Å²) in [5.41, 5.74) is 5.58. The fraction of sp³-hybridized carbons (Fsp3) is 0.909. The van der Waals surface area contributed by atoms with E-state index in [0.717, 1.165) is 0 Å². The van der Waals surface area contributed by atoms with Gasteiger partial charge < -0.3 is 9.53 Å². The lowest BCUT2D eigenvalue weighted by Crippen LogP contribution is -2.47. The number of hydrogen-bond acceptors (Lipinski definition) is 2. The van der Waals surface area contributed by atoms with Gasteiger partial charge in [0.05, 0.1) is 12.2 Å². The molecule has 0 aromatic rings. The van der Waals surface area contributed by atoms with Crippen LogP contribution in [0.25, 0.3) is 0 Å². The summed E-state index contributed by atoms with van der Waals surface area (Å²) in [5, 5.41) is 11.0. The second kappa shape index (κ2) is 9.41. The maximum Gasteiger partial charge on any atom is 0.192 e. The molecule has 3 atom stereocenters. The van der Waals surface area contributed by atoms with Crippen molar-refractivity contribution >= 4 is 16.4 Å². The summed E-state index contributed by atoms with van der Waals surface area (Å²) in [6.07, 6.45) is -0.733. The lowest BCUT2D eigenvalue weighted by molar-refractivity contribution is 0.0190. The molecule has 0 fully saturated rings. The van der Waals surface area contributed by atoms with E-state index in [1.807, 2.05) is 13.8 Å². The molecule has 0 aromatic heterocycles. The van der Waals surface area contributed by atoms with Gasteiger partial charge in [0.1, 0.15) is 8.07 Å². The van der Waals surface area contributed by atoms with Crippen LogP contribution >= 0.6 is 0 Å². The first-order chi connectivity index (χ1) is 11.5. The topological polar surface area (TPSA) is 29.5 Å². The highest BCUT2D eigenvalue weighted by Gasteiger charge is 2.42. The highest BCUT2D eigenvalue weighted by Crippen LogP contribution is 2.41. The van der Waals surface area contributed by atoms with Crippen molar-refractivity contribution in [2.24, 2.45) is 5.92 Å². The molecule has 154 valence electrons. The maximum atomic E-state index is 10.8.